The van der Waals surface area contributed by atoms with Gasteiger partial charge in [-0.3, -0.25) is 14.6 Å². The molecular formula is C19H15ClN4O4S. The van der Waals surface area contributed by atoms with Crippen LogP contribution in [0.4, 0.5) is 5.69 Å². The van der Waals surface area contributed by atoms with Crippen LogP contribution in [0.25, 0.3) is 0 Å². The number of carbonyl (C=O) groups is 1. The number of aromatic nitrogens is 3. The summed E-state index contributed by atoms with van der Waals surface area (Å²) in [5, 5.41) is 11.6. The van der Waals surface area contributed by atoms with E-state index in [1.54, 1.807) is 24.3 Å². The monoisotopic (exact) mass is 430 g/mol. The lowest BCUT2D eigenvalue weighted by atomic mass is 10.1. The van der Waals surface area contributed by atoms with E-state index in [0.717, 1.165) is 17.3 Å². The summed E-state index contributed by atoms with van der Waals surface area (Å²) in [6.07, 6.45) is 0.275. The smallest absolute Gasteiger partial charge is 0.273 e. The molecular weight excluding hydrogens is 416 g/mol. The summed E-state index contributed by atoms with van der Waals surface area (Å²) in [6, 6.07) is 12.4. The molecule has 1 amide bonds. The number of fused-ring (bicyclic) bond motifs is 1. The van der Waals surface area contributed by atoms with Crippen LogP contribution in [-0.2, 0) is 11.2 Å². The molecule has 0 radical (unpaired) electrons. The number of anilines is 1. The van der Waals surface area contributed by atoms with E-state index in [2.05, 4.69) is 20.5 Å². The number of carbonyl (C=O) groups excluding carboxylic acids is 1. The van der Waals surface area contributed by atoms with Crippen LogP contribution < -0.4 is 20.3 Å². The van der Waals surface area contributed by atoms with Gasteiger partial charge in [0.05, 0.1) is 5.75 Å². The van der Waals surface area contributed by atoms with E-state index in [1.807, 2.05) is 18.2 Å². The maximum atomic E-state index is 12.3. The number of H-pyrrole nitrogens is 1. The first-order valence-corrected chi connectivity index (χ1v) is 9.96. The topological polar surface area (TPSA) is 106 Å². The molecule has 0 spiro atoms. The summed E-state index contributed by atoms with van der Waals surface area (Å²) in [7, 11) is 0. The molecule has 4 rings (SSSR count). The molecule has 0 saturated carbocycles. The van der Waals surface area contributed by atoms with Crippen molar-refractivity contribution in [3.63, 3.8) is 0 Å². The predicted molar refractivity (Wildman–Crippen MR) is 109 cm³/mol. The Balaban J connectivity index is 1.35. The second-order valence-electron chi connectivity index (χ2n) is 6.08. The molecule has 1 aromatic heterocycles. The molecule has 1 aliphatic rings. The summed E-state index contributed by atoms with van der Waals surface area (Å²) in [5.41, 5.74) is 1.28. The Hall–Kier alpha value is -3.04. The van der Waals surface area contributed by atoms with Crippen LogP contribution in [0.15, 0.2) is 52.4 Å². The van der Waals surface area contributed by atoms with Crippen molar-refractivity contribution < 1.29 is 14.3 Å². The molecule has 10 heteroatoms. The van der Waals surface area contributed by atoms with Gasteiger partial charge in [0.15, 0.2) is 16.7 Å². The van der Waals surface area contributed by atoms with E-state index in [-0.39, 0.29) is 41.3 Å². The number of halogens is 1. The quantitative estimate of drug-likeness (QED) is 0.579. The fraction of sp³-hybridized carbons (Fsp3) is 0.158. The molecule has 2 N–H and O–H groups in total. The summed E-state index contributed by atoms with van der Waals surface area (Å²) >= 11 is 7.20. The van der Waals surface area contributed by atoms with Gasteiger partial charge in [-0.25, -0.2) is 0 Å². The predicted octanol–water partition coefficient (Wildman–Crippen LogP) is 2.87. The summed E-state index contributed by atoms with van der Waals surface area (Å²) in [6.45, 7) is 0.168. The maximum Gasteiger partial charge on any atom is 0.273 e. The van der Waals surface area contributed by atoms with E-state index in [0.29, 0.717) is 22.2 Å². The molecule has 29 heavy (non-hydrogen) atoms. The minimum atomic E-state index is -0.362. The molecule has 3 aromatic rings. The Kier molecular flexibility index (Phi) is 5.68. The lowest BCUT2D eigenvalue weighted by Gasteiger charge is -2.06. The van der Waals surface area contributed by atoms with Gasteiger partial charge < -0.3 is 14.8 Å². The normalized spacial score (nSPS) is 12.0. The summed E-state index contributed by atoms with van der Waals surface area (Å²) in [4.78, 5) is 27.1. The highest BCUT2D eigenvalue weighted by Gasteiger charge is 2.15. The Bertz CT molecular complexity index is 1120. The Morgan fingerprint density at radius 3 is 2.83 bits per heavy atom. The van der Waals surface area contributed by atoms with Gasteiger partial charge in [0.25, 0.3) is 5.56 Å². The number of thioether (sulfide) groups is 1. The van der Waals surface area contributed by atoms with Gasteiger partial charge in [-0.1, -0.05) is 41.6 Å². The minimum absolute atomic E-state index is 0.0585. The second-order valence-corrected chi connectivity index (χ2v) is 7.45. The van der Waals surface area contributed by atoms with Crippen molar-refractivity contribution in [2.45, 2.75) is 11.6 Å². The van der Waals surface area contributed by atoms with Crippen molar-refractivity contribution in [1.82, 2.24) is 15.2 Å². The zero-order chi connectivity index (χ0) is 20.2. The van der Waals surface area contributed by atoms with E-state index in [9.17, 15) is 9.59 Å². The van der Waals surface area contributed by atoms with E-state index in [4.69, 9.17) is 21.1 Å². The third-order valence-electron chi connectivity index (χ3n) is 4.06. The van der Waals surface area contributed by atoms with Crippen molar-refractivity contribution in [3.05, 3.63) is 69.1 Å². The molecule has 0 bridgehead atoms. The number of rotatable bonds is 6. The van der Waals surface area contributed by atoms with Crippen molar-refractivity contribution in [2.24, 2.45) is 0 Å². The van der Waals surface area contributed by atoms with Gasteiger partial charge >= 0.3 is 0 Å². The van der Waals surface area contributed by atoms with E-state index < -0.39 is 0 Å². The number of hydrogen-bond acceptors (Lipinski definition) is 7. The van der Waals surface area contributed by atoms with Gasteiger partial charge in [0.1, 0.15) is 5.69 Å². The second kappa shape index (κ2) is 8.54. The summed E-state index contributed by atoms with van der Waals surface area (Å²) in [5.74, 6) is 1.03. The van der Waals surface area contributed by atoms with Crippen LogP contribution in [0.5, 0.6) is 11.5 Å². The van der Waals surface area contributed by atoms with Crippen molar-refractivity contribution in [2.75, 3.05) is 17.9 Å². The van der Waals surface area contributed by atoms with E-state index in [1.165, 1.54) is 0 Å². The van der Waals surface area contributed by atoms with Crippen molar-refractivity contribution >= 4 is 35.0 Å². The number of nitrogens with one attached hydrogen (secondary N) is 2. The average molecular weight is 431 g/mol. The standard InChI is InChI=1S/C19H15ClN4O4S/c20-13-4-2-1-3-11(13)7-14-18(26)22-19(24-23-14)29-9-17(25)21-12-5-6-15-16(8-12)28-10-27-15/h1-6,8H,7,9-10H2,(H,21,25)(H,22,24,26). The highest BCUT2D eigenvalue weighted by atomic mass is 35.5. The third kappa shape index (κ3) is 4.69. The molecule has 148 valence electrons. The number of aromatic amines is 1. The first-order chi connectivity index (χ1) is 14.1. The van der Waals surface area contributed by atoms with Gasteiger partial charge in [0, 0.05) is 23.2 Å². The van der Waals surface area contributed by atoms with Crippen molar-refractivity contribution in [1.29, 1.82) is 0 Å². The lowest BCUT2D eigenvalue weighted by molar-refractivity contribution is -0.113. The first kappa shape index (κ1) is 19.3. The fourth-order valence-corrected chi connectivity index (χ4v) is 3.46. The molecule has 0 unspecified atom stereocenters. The lowest BCUT2D eigenvalue weighted by Crippen LogP contribution is -2.19. The molecule has 2 aromatic carbocycles. The van der Waals surface area contributed by atoms with Crippen LogP contribution in [0.2, 0.25) is 5.02 Å². The Morgan fingerprint density at radius 1 is 1.17 bits per heavy atom. The number of nitrogens with zero attached hydrogens (tertiary/aromatic N) is 2. The zero-order valence-corrected chi connectivity index (χ0v) is 16.5. The highest BCUT2D eigenvalue weighted by molar-refractivity contribution is 7.99. The van der Waals surface area contributed by atoms with Gasteiger partial charge in [-0.15, -0.1) is 10.2 Å². The molecule has 1 aliphatic heterocycles. The van der Waals surface area contributed by atoms with Crippen LogP contribution >= 0.6 is 23.4 Å². The maximum absolute atomic E-state index is 12.3. The molecule has 2 heterocycles. The molecule has 0 aliphatic carbocycles. The average Bonchev–Trinajstić information content (AvgIpc) is 3.18. The Labute approximate surface area is 174 Å². The Morgan fingerprint density at radius 2 is 2.00 bits per heavy atom. The van der Waals surface area contributed by atoms with Gasteiger partial charge in [-0.05, 0) is 23.8 Å². The van der Waals surface area contributed by atoms with Crippen LogP contribution in [0, 0.1) is 0 Å². The van der Waals surface area contributed by atoms with Crippen LogP contribution in [0.3, 0.4) is 0 Å². The molecule has 0 fully saturated rings. The molecule has 0 atom stereocenters. The number of benzene rings is 2. The SMILES string of the molecule is O=C(CSc1nnc(Cc2ccccc2Cl)c(=O)[nH]1)Nc1ccc2c(c1)OCO2. The van der Waals surface area contributed by atoms with Crippen molar-refractivity contribution in [3.8, 4) is 11.5 Å². The van der Waals surface area contributed by atoms with Crippen LogP contribution in [-0.4, -0.2) is 33.6 Å². The largest absolute Gasteiger partial charge is 0.454 e. The molecule has 8 nitrogen and oxygen atoms in total. The van der Waals surface area contributed by atoms with Gasteiger partial charge in [-0.2, -0.15) is 0 Å². The number of ether oxygens (including phenoxy) is 2. The fourth-order valence-electron chi connectivity index (χ4n) is 2.65. The third-order valence-corrected chi connectivity index (χ3v) is 5.29. The number of amides is 1. The molecule has 0 saturated heterocycles. The van der Waals surface area contributed by atoms with Crippen LogP contribution in [0.1, 0.15) is 11.3 Å². The first-order valence-electron chi connectivity index (χ1n) is 8.60. The summed E-state index contributed by atoms with van der Waals surface area (Å²) < 4.78 is 10.5. The van der Waals surface area contributed by atoms with E-state index >= 15 is 0 Å². The number of hydrogen-bond donors (Lipinski definition) is 2. The minimum Gasteiger partial charge on any atom is -0.454 e. The highest BCUT2D eigenvalue weighted by Crippen LogP contribution is 2.34. The van der Waals surface area contributed by atoms with Gasteiger partial charge in [0.2, 0.25) is 12.7 Å². The zero-order valence-electron chi connectivity index (χ0n) is 15.0.